The first-order chi connectivity index (χ1) is 16.9. The number of hydrogen-bond acceptors (Lipinski definition) is 5. The summed E-state index contributed by atoms with van der Waals surface area (Å²) < 4.78 is 18.2. The molecule has 176 valence electrons. The number of nitrogens with zero attached hydrogens (tertiary/aromatic N) is 6. The summed E-state index contributed by atoms with van der Waals surface area (Å²) in [6.45, 7) is 4.69. The molecule has 5 aromatic rings. The fourth-order valence-corrected chi connectivity index (χ4v) is 4.77. The summed E-state index contributed by atoms with van der Waals surface area (Å²) in [7, 11) is 2.03. The van der Waals surface area contributed by atoms with Crippen molar-refractivity contribution in [1.29, 1.82) is 0 Å². The number of phenols is 1. The van der Waals surface area contributed by atoms with E-state index in [2.05, 4.69) is 43.1 Å². The third-order valence-electron chi connectivity index (χ3n) is 6.59. The van der Waals surface area contributed by atoms with Gasteiger partial charge in [-0.15, -0.1) is 0 Å². The van der Waals surface area contributed by atoms with Gasteiger partial charge in [-0.05, 0) is 54.4 Å². The summed E-state index contributed by atoms with van der Waals surface area (Å²) in [4.78, 5) is 6.59. The number of likely N-dealkylation sites (tertiary alicyclic amines) is 1. The summed E-state index contributed by atoms with van der Waals surface area (Å²) in [6.07, 6.45) is 7.79. The number of hydrogen-bond donors (Lipinski definition) is 1. The number of aryl methyl sites for hydroxylation is 2. The maximum absolute atomic E-state index is 14.5. The van der Waals surface area contributed by atoms with Crippen molar-refractivity contribution in [3.05, 3.63) is 90.0 Å². The summed E-state index contributed by atoms with van der Waals surface area (Å²) in [5.41, 5.74) is 5.86. The molecule has 0 amide bonds. The lowest BCUT2D eigenvalue weighted by molar-refractivity contribution is 0.137. The molecule has 4 aromatic heterocycles. The van der Waals surface area contributed by atoms with Crippen molar-refractivity contribution in [2.45, 2.75) is 19.4 Å². The van der Waals surface area contributed by atoms with E-state index in [4.69, 9.17) is 0 Å². The molecule has 5 heterocycles. The van der Waals surface area contributed by atoms with Crippen LogP contribution in [0.1, 0.15) is 22.9 Å². The van der Waals surface area contributed by atoms with Crippen LogP contribution < -0.4 is 0 Å². The summed E-state index contributed by atoms with van der Waals surface area (Å²) in [6, 6.07) is 12.7. The van der Waals surface area contributed by atoms with Gasteiger partial charge in [-0.25, -0.2) is 9.37 Å². The van der Waals surface area contributed by atoms with Crippen LogP contribution >= 0.6 is 0 Å². The van der Waals surface area contributed by atoms with E-state index < -0.39 is 5.82 Å². The zero-order valence-corrected chi connectivity index (χ0v) is 19.6. The van der Waals surface area contributed by atoms with Gasteiger partial charge in [-0.3, -0.25) is 4.90 Å². The van der Waals surface area contributed by atoms with E-state index in [1.54, 1.807) is 28.9 Å². The normalized spacial score (nSPS) is 14.5. The number of aromatic nitrogens is 5. The minimum absolute atomic E-state index is 0.0737. The minimum Gasteiger partial charge on any atom is -0.507 e. The van der Waals surface area contributed by atoms with Crippen molar-refractivity contribution >= 4 is 5.65 Å². The van der Waals surface area contributed by atoms with Crippen LogP contribution in [0.15, 0.2) is 67.3 Å². The smallest absolute Gasteiger partial charge is 0.173 e. The first-order valence-corrected chi connectivity index (χ1v) is 11.6. The Morgan fingerprint density at radius 3 is 2.57 bits per heavy atom. The maximum atomic E-state index is 14.5. The van der Waals surface area contributed by atoms with Crippen molar-refractivity contribution in [3.63, 3.8) is 0 Å². The largest absolute Gasteiger partial charge is 0.507 e. The van der Waals surface area contributed by atoms with Gasteiger partial charge in [0, 0.05) is 68.5 Å². The Labute approximate surface area is 202 Å². The Balaban J connectivity index is 1.17. The van der Waals surface area contributed by atoms with Crippen LogP contribution in [0.5, 0.6) is 5.75 Å². The molecule has 0 spiro atoms. The standard InChI is InChI=1S/C27H25FN6O/c1-17-11-34-16-20(9-23(28)27(34)29-17)19-3-4-22(26(35)10-19)25-6-5-24(30-31-25)21-14-33(15-21)13-18-7-8-32(2)12-18/h3-12,16,21,35H,13-15H2,1-2H3. The second kappa shape index (κ2) is 8.32. The molecule has 1 fully saturated rings. The molecular formula is C27H25FN6O. The molecule has 7 nitrogen and oxygen atoms in total. The van der Waals surface area contributed by atoms with Crippen LogP contribution in [0.4, 0.5) is 4.39 Å². The number of aromatic hydroxyl groups is 1. The lowest BCUT2D eigenvalue weighted by atomic mass is 9.95. The maximum Gasteiger partial charge on any atom is 0.173 e. The molecule has 6 rings (SSSR count). The molecule has 1 aliphatic heterocycles. The molecular weight excluding hydrogens is 443 g/mol. The number of pyridine rings is 1. The molecule has 0 saturated carbocycles. The number of benzene rings is 1. The average molecular weight is 469 g/mol. The third kappa shape index (κ3) is 4.06. The summed E-state index contributed by atoms with van der Waals surface area (Å²) in [5.74, 6) is 0.0383. The minimum atomic E-state index is -0.404. The molecule has 1 N–H and O–H groups in total. The van der Waals surface area contributed by atoms with E-state index in [0.29, 0.717) is 28.3 Å². The second-order valence-corrected chi connectivity index (χ2v) is 9.34. The Morgan fingerprint density at radius 2 is 1.86 bits per heavy atom. The molecule has 8 heteroatoms. The lowest BCUT2D eigenvalue weighted by Crippen LogP contribution is -2.44. The Bertz CT molecular complexity index is 1530. The van der Waals surface area contributed by atoms with E-state index in [1.165, 1.54) is 11.6 Å². The first-order valence-electron chi connectivity index (χ1n) is 11.6. The average Bonchev–Trinajstić information content (AvgIpc) is 3.40. The lowest BCUT2D eigenvalue weighted by Gasteiger charge is -2.38. The highest BCUT2D eigenvalue weighted by atomic mass is 19.1. The van der Waals surface area contributed by atoms with Crippen molar-refractivity contribution in [1.82, 2.24) is 29.0 Å². The topological polar surface area (TPSA) is 71.5 Å². The molecule has 0 radical (unpaired) electrons. The van der Waals surface area contributed by atoms with Crippen molar-refractivity contribution < 1.29 is 9.50 Å². The fourth-order valence-electron chi connectivity index (χ4n) is 4.77. The van der Waals surface area contributed by atoms with Crippen molar-refractivity contribution in [2.75, 3.05) is 13.1 Å². The predicted octanol–water partition coefficient (Wildman–Crippen LogP) is 4.55. The van der Waals surface area contributed by atoms with E-state index >= 15 is 0 Å². The van der Waals surface area contributed by atoms with Gasteiger partial charge < -0.3 is 14.1 Å². The van der Waals surface area contributed by atoms with E-state index in [-0.39, 0.29) is 11.4 Å². The summed E-state index contributed by atoms with van der Waals surface area (Å²) >= 11 is 0. The van der Waals surface area contributed by atoms with Crippen LogP contribution in [-0.4, -0.2) is 47.2 Å². The van der Waals surface area contributed by atoms with Crippen LogP contribution in [-0.2, 0) is 13.6 Å². The fraction of sp³-hybridized carbons (Fsp3) is 0.222. The van der Waals surface area contributed by atoms with E-state index in [9.17, 15) is 9.50 Å². The number of rotatable bonds is 5. The Hall–Kier alpha value is -4.04. The molecule has 0 unspecified atom stereocenters. The number of phenolic OH excluding ortho intramolecular Hbond substituents is 1. The first kappa shape index (κ1) is 21.5. The van der Waals surface area contributed by atoms with Gasteiger partial charge >= 0.3 is 0 Å². The van der Waals surface area contributed by atoms with Gasteiger partial charge in [0.25, 0.3) is 0 Å². The predicted molar refractivity (Wildman–Crippen MR) is 131 cm³/mol. The molecule has 0 bridgehead atoms. The van der Waals surface area contributed by atoms with Crippen LogP contribution in [0.25, 0.3) is 28.0 Å². The van der Waals surface area contributed by atoms with Crippen LogP contribution in [0.3, 0.4) is 0 Å². The van der Waals surface area contributed by atoms with Gasteiger partial charge in [0.15, 0.2) is 11.5 Å². The van der Waals surface area contributed by atoms with Gasteiger partial charge in [0.05, 0.1) is 17.1 Å². The van der Waals surface area contributed by atoms with Crippen molar-refractivity contribution in [2.24, 2.45) is 7.05 Å². The molecule has 0 aliphatic carbocycles. The SMILES string of the molecule is Cc1cn2cc(-c3ccc(-c4ccc(C5CN(Cc6ccn(C)c6)C5)nn4)c(O)c3)cc(F)c2n1. The van der Waals surface area contributed by atoms with Gasteiger partial charge in [0.2, 0.25) is 0 Å². The summed E-state index contributed by atoms with van der Waals surface area (Å²) in [5, 5.41) is 19.5. The number of halogens is 1. The van der Waals surface area contributed by atoms with Gasteiger partial charge in [0.1, 0.15) is 5.75 Å². The molecule has 35 heavy (non-hydrogen) atoms. The third-order valence-corrected chi connectivity index (χ3v) is 6.59. The quantitative estimate of drug-likeness (QED) is 0.410. The zero-order valence-electron chi connectivity index (χ0n) is 19.6. The Morgan fingerprint density at radius 1 is 1.00 bits per heavy atom. The highest BCUT2D eigenvalue weighted by Gasteiger charge is 2.29. The molecule has 1 aromatic carbocycles. The molecule has 1 saturated heterocycles. The van der Waals surface area contributed by atoms with Crippen LogP contribution in [0, 0.1) is 12.7 Å². The van der Waals surface area contributed by atoms with E-state index in [1.807, 2.05) is 32.2 Å². The highest BCUT2D eigenvalue weighted by molar-refractivity contribution is 5.74. The van der Waals surface area contributed by atoms with Gasteiger partial charge in [-0.2, -0.15) is 10.2 Å². The number of imidazole rings is 1. The number of fused-ring (bicyclic) bond motifs is 1. The molecule has 1 aliphatic rings. The van der Waals surface area contributed by atoms with Crippen molar-refractivity contribution in [3.8, 4) is 28.1 Å². The van der Waals surface area contributed by atoms with Gasteiger partial charge in [-0.1, -0.05) is 6.07 Å². The highest BCUT2D eigenvalue weighted by Crippen LogP contribution is 2.34. The van der Waals surface area contributed by atoms with Crippen LogP contribution in [0.2, 0.25) is 0 Å². The zero-order chi connectivity index (χ0) is 24.1. The monoisotopic (exact) mass is 468 g/mol. The molecule has 0 atom stereocenters. The Kier molecular flexibility index (Phi) is 5.11. The second-order valence-electron chi connectivity index (χ2n) is 9.34. The van der Waals surface area contributed by atoms with E-state index in [0.717, 1.165) is 31.0 Å².